The molecule has 0 heterocycles. The van der Waals surface area contributed by atoms with Crippen molar-refractivity contribution in [2.75, 3.05) is 5.75 Å². The lowest BCUT2D eigenvalue weighted by Gasteiger charge is -2.00. The van der Waals surface area contributed by atoms with Crippen LogP contribution in [0, 0.1) is 0 Å². The van der Waals surface area contributed by atoms with Gasteiger partial charge < -0.3 is 0 Å². The molecule has 0 spiro atoms. The Balaban J connectivity index is 4.03. The monoisotopic (exact) mass is 165 g/mol. The van der Waals surface area contributed by atoms with E-state index in [4.69, 9.17) is 0 Å². The number of rotatable bonds is 3. The SMILES string of the molecule is CCC(=O)NS(=O)(=O)CC. The van der Waals surface area contributed by atoms with E-state index in [2.05, 4.69) is 0 Å². The van der Waals surface area contributed by atoms with Crippen LogP contribution in [0.15, 0.2) is 0 Å². The molecular formula is C5H11NO3S. The third-order valence-electron chi connectivity index (χ3n) is 0.970. The molecule has 0 saturated carbocycles. The Morgan fingerprint density at radius 2 is 1.90 bits per heavy atom. The summed E-state index contributed by atoms with van der Waals surface area (Å²) >= 11 is 0. The number of nitrogens with one attached hydrogen (secondary N) is 1. The van der Waals surface area contributed by atoms with Crippen LogP contribution in [0.25, 0.3) is 0 Å². The zero-order valence-electron chi connectivity index (χ0n) is 6.05. The summed E-state index contributed by atoms with van der Waals surface area (Å²) in [6.45, 7) is 3.08. The molecular weight excluding hydrogens is 154 g/mol. The van der Waals surface area contributed by atoms with Crippen LogP contribution in [-0.4, -0.2) is 20.1 Å². The summed E-state index contributed by atoms with van der Waals surface area (Å²) < 4.78 is 23.2. The lowest BCUT2D eigenvalue weighted by Crippen LogP contribution is -2.30. The maximum atomic E-state index is 10.6. The first-order valence-corrected chi connectivity index (χ1v) is 4.70. The Morgan fingerprint density at radius 3 is 2.20 bits per heavy atom. The van der Waals surface area contributed by atoms with E-state index in [1.165, 1.54) is 6.92 Å². The van der Waals surface area contributed by atoms with E-state index < -0.39 is 15.9 Å². The first-order chi connectivity index (χ1) is 4.52. The standard InChI is InChI=1S/C5H11NO3S/c1-3-5(7)6-10(8,9)4-2/h3-4H2,1-2H3,(H,6,7). The van der Waals surface area contributed by atoms with Crippen LogP contribution >= 0.6 is 0 Å². The van der Waals surface area contributed by atoms with Gasteiger partial charge in [0.1, 0.15) is 0 Å². The molecule has 0 aromatic carbocycles. The largest absolute Gasteiger partial charge is 0.274 e. The van der Waals surface area contributed by atoms with Crippen molar-refractivity contribution in [1.29, 1.82) is 0 Å². The van der Waals surface area contributed by atoms with Gasteiger partial charge in [0, 0.05) is 6.42 Å². The molecule has 0 aromatic rings. The van der Waals surface area contributed by atoms with E-state index in [0.717, 1.165) is 0 Å². The van der Waals surface area contributed by atoms with Crippen LogP contribution in [-0.2, 0) is 14.8 Å². The molecule has 0 unspecified atom stereocenters. The Morgan fingerprint density at radius 1 is 1.40 bits per heavy atom. The van der Waals surface area contributed by atoms with Crippen molar-refractivity contribution in [3.8, 4) is 0 Å². The molecule has 10 heavy (non-hydrogen) atoms. The van der Waals surface area contributed by atoms with Crippen LogP contribution in [0.2, 0.25) is 0 Å². The minimum absolute atomic E-state index is 0.0568. The number of sulfonamides is 1. The molecule has 0 aromatic heterocycles. The summed E-state index contributed by atoms with van der Waals surface area (Å²) in [5.41, 5.74) is 0. The Hall–Kier alpha value is -0.580. The number of carbonyl (C=O) groups excluding carboxylic acids is 1. The van der Waals surface area contributed by atoms with Crippen molar-refractivity contribution in [3.63, 3.8) is 0 Å². The minimum Gasteiger partial charge on any atom is -0.274 e. The zero-order chi connectivity index (χ0) is 8.20. The topological polar surface area (TPSA) is 63.2 Å². The van der Waals surface area contributed by atoms with Crippen molar-refractivity contribution in [2.45, 2.75) is 20.3 Å². The zero-order valence-corrected chi connectivity index (χ0v) is 6.86. The Labute approximate surface area is 60.7 Å². The molecule has 0 fully saturated rings. The molecule has 1 amide bonds. The van der Waals surface area contributed by atoms with Crippen LogP contribution in [0.4, 0.5) is 0 Å². The average molecular weight is 165 g/mol. The molecule has 0 saturated heterocycles. The molecule has 0 aliphatic carbocycles. The van der Waals surface area contributed by atoms with Gasteiger partial charge in [-0.15, -0.1) is 0 Å². The quantitative estimate of drug-likeness (QED) is 0.633. The Kier molecular flexibility index (Phi) is 3.35. The summed E-state index contributed by atoms with van der Waals surface area (Å²) in [4.78, 5) is 10.5. The molecule has 0 rings (SSSR count). The van der Waals surface area contributed by atoms with Crippen LogP contribution in [0.3, 0.4) is 0 Å². The highest BCUT2D eigenvalue weighted by Gasteiger charge is 2.08. The molecule has 0 aliphatic heterocycles. The smallest absolute Gasteiger partial charge is 0.234 e. The van der Waals surface area contributed by atoms with Crippen molar-refractivity contribution < 1.29 is 13.2 Å². The average Bonchev–Trinajstić information content (AvgIpc) is 1.87. The van der Waals surface area contributed by atoms with Crippen molar-refractivity contribution >= 4 is 15.9 Å². The van der Waals surface area contributed by atoms with Gasteiger partial charge in [-0.3, -0.25) is 9.52 Å². The number of hydrogen-bond acceptors (Lipinski definition) is 3. The van der Waals surface area contributed by atoms with E-state index in [1.807, 2.05) is 4.72 Å². The molecule has 0 radical (unpaired) electrons. The molecule has 4 nitrogen and oxygen atoms in total. The Bertz CT molecular complexity index is 207. The van der Waals surface area contributed by atoms with Gasteiger partial charge in [0.15, 0.2) is 0 Å². The van der Waals surface area contributed by atoms with Gasteiger partial charge in [0.05, 0.1) is 5.75 Å². The highest BCUT2D eigenvalue weighted by Crippen LogP contribution is 1.84. The predicted molar refractivity (Wildman–Crippen MR) is 37.9 cm³/mol. The number of carbonyl (C=O) groups is 1. The van der Waals surface area contributed by atoms with Crippen molar-refractivity contribution in [2.24, 2.45) is 0 Å². The number of hydrogen-bond donors (Lipinski definition) is 1. The van der Waals surface area contributed by atoms with E-state index >= 15 is 0 Å². The van der Waals surface area contributed by atoms with Crippen molar-refractivity contribution in [1.82, 2.24) is 4.72 Å². The second-order valence-electron chi connectivity index (χ2n) is 1.78. The van der Waals surface area contributed by atoms with Crippen LogP contribution in [0.1, 0.15) is 20.3 Å². The van der Waals surface area contributed by atoms with E-state index in [-0.39, 0.29) is 12.2 Å². The second kappa shape index (κ2) is 3.55. The van der Waals surface area contributed by atoms with Gasteiger partial charge in [0.2, 0.25) is 15.9 Å². The van der Waals surface area contributed by atoms with Crippen LogP contribution < -0.4 is 4.72 Å². The lowest BCUT2D eigenvalue weighted by molar-refractivity contribution is -0.119. The van der Waals surface area contributed by atoms with Gasteiger partial charge in [-0.2, -0.15) is 0 Å². The lowest BCUT2D eigenvalue weighted by atomic mass is 10.5. The van der Waals surface area contributed by atoms with Gasteiger partial charge in [-0.1, -0.05) is 6.92 Å². The summed E-state index contributed by atoms with van der Waals surface area (Å²) in [6, 6.07) is 0. The molecule has 0 bridgehead atoms. The maximum Gasteiger partial charge on any atom is 0.234 e. The van der Waals surface area contributed by atoms with Crippen LogP contribution in [0.5, 0.6) is 0 Å². The molecule has 0 aliphatic rings. The van der Waals surface area contributed by atoms with E-state index in [0.29, 0.717) is 0 Å². The molecule has 0 atom stereocenters. The predicted octanol–water partition coefficient (Wildman–Crippen LogP) is -0.138. The summed E-state index contributed by atoms with van der Waals surface area (Å²) in [7, 11) is -3.33. The fourth-order valence-corrected chi connectivity index (χ4v) is 0.953. The van der Waals surface area contributed by atoms with Gasteiger partial charge in [0.25, 0.3) is 0 Å². The fraction of sp³-hybridized carbons (Fsp3) is 0.800. The fourth-order valence-electron chi connectivity index (χ4n) is 0.318. The third-order valence-corrected chi connectivity index (χ3v) is 2.27. The maximum absolute atomic E-state index is 10.6. The highest BCUT2D eigenvalue weighted by atomic mass is 32.2. The minimum atomic E-state index is -3.33. The highest BCUT2D eigenvalue weighted by molar-refractivity contribution is 7.90. The third kappa shape index (κ3) is 3.45. The number of amides is 1. The van der Waals surface area contributed by atoms with Gasteiger partial charge in [-0.05, 0) is 6.92 Å². The van der Waals surface area contributed by atoms with E-state index in [9.17, 15) is 13.2 Å². The van der Waals surface area contributed by atoms with Crippen molar-refractivity contribution in [3.05, 3.63) is 0 Å². The normalized spacial score (nSPS) is 11.0. The second-order valence-corrected chi connectivity index (χ2v) is 3.79. The van der Waals surface area contributed by atoms with Gasteiger partial charge in [-0.25, -0.2) is 8.42 Å². The summed E-state index contributed by atoms with van der Waals surface area (Å²) in [6.07, 6.45) is 0.194. The van der Waals surface area contributed by atoms with E-state index in [1.54, 1.807) is 6.92 Å². The summed E-state index contributed by atoms with van der Waals surface area (Å²) in [5, 5.41) is 0. The molecule has 60 valence electrons. The first kappa shape index (κ1) is 9.42. The molecule has 5 heteroatoms. The van der Waals surface area contributed by atoms with Gasteiger partial charge >= 0.3 is 0 Å². The molecule has 1 N–H and O–H groups in total. The first-order valence-electron chi connectivity index (χ1n) is 3.05. The summed E-state index contributed by atoms with van der Waals surface area (Å²) in [5.74, 6) is -0.513.